The maximum Gasteiger partial charge on any atom is 0.226 e. The average molecular weight is 364 g/mol. The third kappa shape index (κ3) is 4.50. The summed E-state index contributed by atoms with van der Waals surface area (Å²) >= 11 is 0. The predicted molar refractivity (Wildman–Crippen MR) is 107 cm³/mol. The summed E-state index contributed by atoms with van der Waals surface area (Å²) in [5, 5.41) is 2.96. The van der Waals surface area contributed by atoms with E-state index in [9.17, 15) is 4.79 Å². The number of carbonyl (C=O) groups excluding carboxylic acids is 1. The highest BCUT2D eigenvalue weighted by Crippen LogP contribution is 2.30. The molecule has 5 nitrogen and oxygen atoms in total. The number of methoxy groups -OCH3 is 2. The molecular weight excluding hydrogens is 340 g/mol. The van der Waals surface area contributed by atoms with E-state index in [0.717, 1.165) is 5.56 Å². The van der Waals surface area contributed by atoms with E-state index in [1.54, 1.807) is 32.4 Å². The fraction of sp³-hybridized carbons (Fsp3) is 0.227. The van der Waals surface area contributed by atoms with Crippen molar-refractivity contribution in [1.29, 1.82) is 0 Å². The summed E-state index contributed by atoms with van der Waals surface area (Å²) in [6.07, 6.45) is 4.26. The van der Waals surface area contributed by atoms with Gasteiger partial charge >= 0.3 is 0 Å². The molecule has 3 aromatic rings. The molecule has 1 N–H and O–H groups in total. The number of amides is 1. The largest absolute Gasteiger partial charge is 0.497 e. The summed E-state index contributed by atoms with van der Waals surface area (Å²) in [5.74, 6) is 1.16. The summed E-state index contributed by atoms with van der Waals surface area (Å²) in [5.41, 5.74) is 2.86. The van der Waals surface area contributed by atoms with Crippen molar-refractivity contribution in [3.63, 3.8) is 0 Å². The highest BCUT2D eigenvalue weighted by Gasteiger charge is 2.19. The summed E-state index contributed by atoms with van der Waals surface area (Å²) in [6, 6.07) is 17.4. The monoisotopic (exact) mass is 364 g/mol. The van der Waals surface area contributed by atoms with Crippen molar-refractivity contribution < 1.29 is 14.3 Å². The molecule has 140 valence electrons. The van der Waals surface area contributed by atoms with Gasteiger partial charge in [0.15, 0.2) is 0 Å². The Morgan fingerprint density at radius 3 is 2.48 bits per heavy atom. The molecule has 2 aromatic carbocycles. The molecule has 0 spiro atoms. The van der Waals surface area contributed by atoms with E-state index in [-0.39, 0.29) is 11.9 Å². The fourth-order valence-electron chi connectivity index (χ4n) is 3.12. The maximum absolute atomic E-state index is 12.8. The molecule has 1 heterocycles. The maximum atomic E-state index is 12.8. The molecule has 0 bridgehead atoms. The van der Waals surface area contributed by atoms with Crippen LogP contribution in [0.4, 0.5) is 5.69 Å². The second-order valence-electron chi connectivity index (χ2n) is 6.38. The standard InChI is InChI=1S/C22H24N2O3/c1-16-7-6-8-17(13-16)20(24-11-4-5-12-24)15-22(25)23-19-14-18(26-2)9-10-21(19)27-3/h4-14,20H,15H2,1-3H3,(H,23,25). The Morgan fingerprint density at radius 2 is 1.81 bits per heavy atom. The van der Waals surface area contributed by atoms with E-state index in [1.807, 2.05) is 30.6 Å². The van der Waals surface area contributed by atoms with E-state index < -0.39 is 0 Å². The zero-order chi connectivity index (χ0) is 19.2. The minimum absolute atomic E-state index is 0.0866. The van der Waals surface area contributed by atoms with Crippen molar-refractivity contribution in [3.05, 3.63) is 78.1 Å². The van der Waals surface area contributed by atoms with Gasteiger partial charge in [0.25, 0.3) is 0 Å². The molecule has 1 aromatic heterocycles. The van der Waals surface area contributed by atoms with Crippen LogP contribution in [0.2, 0.25) is 0 Å². The Labute approximate surface area is 159 Å². The highest BCUT2D eigenvalue weighted by molar-refractivity contribution is 5.93. The lowest BCUT2D eigenvalue weighted by Gasteiger charge is -2.20. The number of aromatic nitrogens is 1. The van der Waals surface area contributed by atoms with Crippen LogP contribution >= 0.6 is 0 Å². The zero-order valence-corrected chi connectivity index (χ0v) is 15.8. The van der Waals surface area contributed by atoms with Gasteiger partial charge in [0.05, 0.1) is 32.4 Å². The molecule has 0 aliphatic rings. The Hall–Kier alpha value is -3.21. The SMILES string of the molecule is COc1ccc(OC)c(NC(=O)CC(c2cccc(C)c2)n2cccc2)c1. The molecule has 0 fully saturated rings. The molecular formula is C22H24N2O3. The Morgan fingerprint density at radius 1 is 1.04 bits per heavy atom. The van der Waals surface area contributed by atoms with Crippen LogP contribution < -0.4 is 14.8 Å². The van der Waals surface area contributed by atoms with Crippen molar-refractivity contribution in [2.45, 2.75) is 19.4 Å². The van der Waals surface area contributed by atoms with Gasteiger partial charge in [-0.1, -0.05) is 29.8 Å². The van der Waals surface area contributed by atoms with E-state index in [1.165, 1.54) is 5.56 Å². The number of hydrogen-bond donors (Lipinski definition) is 1. The Kier molecular flexibility index (Phi) is 5.81. The molecule has 0 aliphatic heterocycles. The number of hydrogen-bond acceptors (Lipinski definition) is 3. The lowest BCUT2D eigenvalue weighted by atomic mass is 10.0. The van der Waals surface area contributed by atoms with Gasteiger partial charge in [0.2, 0.25) is 5.91 Å². The summed E-state index contributed by atoms with van der Waals surface area (Å²) in [4.78, 5) is 12.8. The van der Waals surface area contributed by atoms with Crippen LogP contribution in [-0.4, -0.2) is 24.7 Å². The Balaban J connectivity index is 1.83. The molecule has 5 heteroatoms. The predicted octanol–water partition coefficient (Wildman–Crippen LogP) is 4.43. The molecule has 3 rings (SSSR count). The molecule has 0 radical (unpaired) electrons. The second-order valence-corrected chi connectivity index (χ2v) is 6.38. The fourth-order valence-corrected chi connectivity index (χ4v) is 3.12. The first-order valence-corrected chi connectivity index (χ1v) is 8.81. The molecule has 1 unspecified atom stereocenters. The van der Waals surface area contributed by atoms with Gasteiger partial charge < -0.3 is 19.4 Å². The summed E-state index contributed by atoms with van der Waals surface area (Å²) in [7, 11) is 3.17. The van der Waals surface area contributed by atoms with Gasteiger partial charge in [-0.15, -0.1) is 0 Å². The van der Waals surface area contributed by atoms with E-state index >= 15 is 0 Å². The third-order valence-corrected chi connectivity index (χ3v) is 4.47. The van der Waals surface area contributed by atoms with Crippen molar-refractivity contribution in [3.8, 4) is 11.5 Å². The lowest BCUT2D eigenvalue weighted by molar-refractivity contribution is -0.116. The minimum Gasteiger partial charge on any atom is -0.497 e. The van der Waals surface area contributed by atoms with Crippen molar-refractivity contribution in [2.75, 3.05) is 19.5 Å². The molecule has 1 atom stereocenters. The van der Waals surface area contributed by atoms with Crippen molar-refractivity contribution in [2.24, 2.45) is 0 Å². The van der Waals surface area contributed by atoms with Gasteiger partial charge in [-0.3, -0.25) is 4.79 Å². The molecule has 0 saturated carbocycles. The van der Waals surface area contributed by atoms with E-state index in [2.05, 4.69) is 35.0 Å². The first-order valence-electron chi connectivity index (χ1n) is 8.81. The van der Waals surface area contributed by atoms with Crippen LogP contribution in [0.15, 0.2) is 67.0 Å². The molecule has 1 amide bonds. The van der Waals surface area contributed by atoms with Gasteiger partial charge in [-0.05, 0) is 36.8 Å². The van der Waals surface area contributed by atoms with Gasteiger partial charge in [0, 0.05) is 18.5 Å². The van der Waals surface area contributed by atoms with Crippen LogP contribution in [0.3, 0.4) is 0 Å². The first kappa shape index (κ1) is 18.6. The summed E-state index contributed by atoms with van der Waals surface area (Å²) in [6.45, 7) is 2.05. The zero-order valence-electron chi connectivity index (χ0n) is 15.8. The van der Waals surface area contributed by atoms with Gasteiger partial charge in [0.1, 0.15) is 11.5 Å². The summed E-state index contributed by atoms with van der Waals surface area (Å²) < 4.78 is 12.6. The highest BCUT2D eigenvalue weighted by atomic mass is 16.5. The van der Waals surface area contributed by atoms with Gasteiger partial charge in [-0.25, -0.2) is 0 Å². The number of nitrogens with one attached hydrogen (secondary N) is 1. The van der Waals surface area contributed by atoms with Crippen LogP contribution in [0.5, 0.6) is 11.5 Å². The quantitative estimate of drug-likeness (QED) is 0.675. The molecule has 0 aliphatic carbocycles. The normalized spacial score (nSPS) is 11.7. The Bertz CT molecular complexity index is 904. The van der Waals surface area contributed by atoms with Crippen LogP contribution in [0.1, 0.15) is 23.6 Å². The number of nitrogens with zero attached hydrogens (tertiary/aromatic N) is 1. The molecule has 27 heavy (non-hydrogen) atoms. The van der Waals surface area contributed by atoms with Crippen molar-refractivity contribution in [1.82, 2.24) is 4.57 Å². The van der Waals surface area contributed by atoms with Crippen LogP contribution in [0, 0.1) is 6.92 Å². The first-order chi connectivity index (χ1) is 13.1. The number of benzene rings is 2. The number of carbonyl (C=O) groups is 1. The van der Waals surface area contributed by atoms with E-state index in [4.69, 9.17) is 9.47 Å². The molecule has 0 saturated heterocycles. The smallest absolute Gasteiger partial charge is 0.226 e. The number of anilines is 1. The average Bonchev–Trinajstić information content (AvgIpc) is 3.20. The second kappa shape index (κ2) is 8.45. The third-order valence-electron chi connectivity index (χ3n) is 4.47. The number of rotatable bonds is 7. The van der Waals surface area contributed by atoms with E-state index in [0.29, 0.717) is 23.6 Å². The van der Waals surface area contributed by atoms with Crippen LogP contribution in [0.25, 0.3) is 0 Å². The van der Waals surface area contributed by atoms with Gasteiger partial charge in [-0.2, -0.15) is 0 Å². The minimum atomic E-state index is -0.0956. The topological polar surface area (TPSA) is 52.5 Å². The lowest BCUT2D eigenvalue weighted by Crippen LogP contribution is -2.20. The van der Waals surface area contributed by atoms with Crippen molar-refractivity contribution >= 4 is 11.6 Å². The number of ether oxygens (including phenoxy) is 2. The number of aryl methyl sites for hydroxylation is 1. The van der Waals surface area contributed by atoms with Crippen LogP contribution in [-0.2, 0) is 4.79 Å².